The van der Waals surface area contributed by atoms with Gasteiger partial charge in [0.2, 0.25) is 0 Å². The smallest absolute Gasteiger partial charge is 0.496 e. The molecule has 0 aliphatic carbocycles. The van der Waals surface area contributed by atoms with Crippen molar-refractivity contribution in [1.82, 2.24) is 48.3 Å². The zero-order valence-electron chi connectivity index (χ0n) is 74.7. The molecule has 8 aliphatic rings. The number of para-hydroxylation sites is 3. The molecule has 4 saturated heterocycles. The Hall–Kier alpha value is -13.8. The summed E-state index contributed by atoms with van der Waals surface area (Å²) in [4.78, 5) is 59.8. The molecule has 4 fully saturated rings. The van der Waals surface area contributed by atoms with Crippen LogP contribution in [0, 0.1) is 25.2 Å². The predicted octanol–water partition coefficient (Wildman–Crippen LogP) is 19.8. The number of rotatable bonds is 12. The van der Waals surface area contributed by atoms with E-state index in [1.165, 1.54) is 66.7 Å². The van der Waals surface area contributed by atoms with Crippen LogP contribution in [-0.4, -0.2) is 164 Å². The summed E-state index contributed by atoms with van der Waals surface area (Å²) >= 11 is 6.19. The lowest BCUT2D eigenvalue weighted by molar-refractivity contribution is -0.274. The highest BCUT2D eigenvalue weighted by atomic mass is 35.5. The topological polar surface area (TPSA) is 259 Å². The normalized spacial score (nSPS) is 16.5. The van der Waals surface area contributed by atoms with Gasteiger partial charge in [-0.2, -0.15) is 28.9 Å². The van der Waals surface area contributed by atoms with E-state index in [2.05, 4.69) is 40.9 Å². The van der Waals surface area contributed by atoms with Gasteiger partial charge in [-0.1, -0.05) is 48.0 Å². The van der Waals surface area contributed by atoms with Gasteiger partial charge in [0, 0.05) is 174 Å². The quantitative estimate of drug-likeness (QED) is 0.103. The Kier molecular flexibility index (Phi) is 25.2. The first-order chi connectivity index (χ1) is 64.4. The number of hydrogen-bond donors (Lipinski definition) is 0. The van der Waals surface area contributed by atoms with Crippen molar-refractivity contribution < 1.29 is 101 Å². The molecule has 4 spiro atoms. The van der Waals surface area contributed by atoms with Crippen molar-refractivity contribution in [1.29, 1.82) is 5.26 Å². The predicted molar refractivity (Wildman–Crippen MR) is 482 cm³/mol. The van der Waals surface area contributed by atoms with Crippen molar-refractivity contribution in [2.75, 3.05) is 59.5 Å². The number of sulfone groups is 1. The van der Waals surface area contributed by atoms with Crippen LogP contribution in [0.15, 0.2) is 218 Å². The van der Waals surface area contributed by atoms with Crippen molar-refractivity contribution in [3.8, 4) is 86.0 Å². The van der Waals surface area contributed by atoms with Crippen molar-refractivity contribution >= 4 is 45.1 Å². The summed E-state index contributed by atoms with van der Waals surface area (Å²) in [5.74, 6) is 2.14. The number of benzene rings is 8. The second-order valence-corrected chi connectivity index (χ2v) is 37.7. The second kappa shape index (κ2) is 36.5. The third-order valence-electron chi connectivity index (χ3n) is 26.0. The number of hydrogen-bond acceptors (Lipinski definition) is 17. The standard InChI is InChI=1S/C27H27N3O3.C26H29N3O5S.C24H20ClF3N2O3.C23H18F5N3O3/c1-18(2)32-23-9-7-21(15-19(23)3)26(31)29-13-10-27(11-14-29)25-5-4-12-30(25)22-8-6-20(17-28)16-24(22)33-27;1-17(2)35(31,32)18-9-10-20(23(15-18)33-4)25(30)29-13-11-26(12-14-29)21-16-27-28(3)24(21)19-7-5-6-8-22(19)34-26;1-15-13-17(32-24(26,27)28)5-6-18(15)22(31)29-11-8-23(9-12-29)21-3-2-10-30(21)19-7-4-16(25)14-20(19)33-23;24-21(25)33-17-7-3-2-6-15(17)20(32)30-11-9-22(10-12-30)16-13-29-31(23(26,27)28)19(16)14-5-1-4-8-18(14)34-22/h4-9,12,15-16,18H,10-11,13-14H2,1-3H3;5-10,15-17H,11-14H2,1-4H3;2-7,10,13-14H,8-9,11-12H2,1H3;1-8,13,21H,9-12H2. The maximum Gasteiger partial charge on any atom is 0.573 e. The molecule has 0 radical (unpaired) electrons. The van der Waals surface area contributed by atoms with Crippen molar-refractivity contribution in [3.05, 3.63) is 279 Å². The van der Waals surface area contributed by atoms with Gasteiger partial charge in [-0.25, -0.2) is 8.42 Å². The number of nitriles is 1. The van der Waals surface area contributed by atoms with E-state index in [1.807, 2.05) is 141 Å². The minimum Gasteiger partial charge on any atom is -0.496 e. The fraction of sp³-hybridized carbons (Fsp3) is 0.330. The van der Waals surface area contributed by atoms with E-state index in [9.17, 15) is 68.0 Å². The molecule has 0 N–H and O–H groups in total. The molecule has 0 saturated carbocycles. The van der Waals surface area contributed by atoms with Crippen LogP contribution in [0.2, 0.25) is 5.02 Å². The van der Waals surface area contributed by atoms with E-state index in [0.29, 0.717) is 133 Å². The van der Waals surface area contributed by atoms with E-state index in [-0.39, 0.29) is 93.4 Å². The number of methoxy groups -OCH3 is 1. The highest BCUT2D eigenvalue weighted by Crippen LogP contribution is 2.54. The maximum atomic E-state index is 13.7. The molecule has 8 aromatic carbocycles. The summed E-state index contributed by atoms with van der Waals surface area (Å²) in [5.41, 5.74) is 8.18. The SMILES string of the molecule is COc1cc(S(=O)(=O)C(C)C)ccc1C(=O)N1CCC2(CC1)Oc1ccccc1-c1c2cnn1C.Cc1cc(C(=O)N2CCC3(CC2)Oc2cc(C#N)ccc2-n2cccc23)ccc1OC(C)C.Cc1cc(OC(F)(F)F)ccc1C(=O)N1CCC2(CC1)Oc1cc(Cl)ccc1-n1cccc12.O=C(c1ccccc1OC(F)F)N1CCC2(CC1)Oc1ccccc1-c1c2cnn1C(F)(F)F. The van der Waals surface area contributed by atoms with Gasteiger partial charge < -0.3 is 66.6 Å². The summed E-state index contributed by atoms with van der Waals surface area (Å²) in [5, 5.41) is 17.4. The molecule has 0 atom stereocenters. The number of piperidine rings is 4. The molecular formula is C100H94ClF8N11O14S. The summed E-state index contributed by atoms with van der Waals surface area (Å²) < 4.78 is 181. The first kappa shape index (κ1) is 93.0. The fourth-order valence-electron chi connectivity index (χ4n) is 19.2. The Balaban J connectivity index is 0.000000125. The van der Waals surface area contributed by atoms with Crippen LogP contribution < -0.4 is 37.9 Å². The summed E-state index contributed by atoms with van der Waals surface area (Å²) in [7, 11) is -0.0977. The lowest BCUT2D eigenvalue weighted by Gasteiger charge is -2.45. The number of ether oxygens (including phenoxy) is 8. The maximum absolute atomic E-state index is 13.7. The summed E-state index contributed by atoms with van der Waals surface area (Å²) in [6, 6.07) is 55.4. The Morgan fingerprint density at radius 1 is 0.496 bits per heavy atom. The Bertz CT molecular complexity index is 6730. The van der Waals surface area contributed by atoms with Gasteiger partial charge in [0.15, 0.2) is 21.0 Å². The van der Waals surface area contributed by atoms with Crippen LogP contribution in [0.4, 0.5) is 35.1 Å². The molecule has 0 unspecified atom stereocenters. The van der Waals surface area contributed by atoms with Crippen molar-refractivity contribution in [3.63, 3.8) is 0 Å². The zero-order chi connectivity index (χ0) is 95.6. The number of amides is 4. The average molecular weight is 1890 g/mol. The first-order valence-corrected chi connectivity index (χ1v) is 45.9. The third-order valence-corrected chi connectivity index (χ3v) is 28.3. The zero-order valence-corrected chi connectivity index (χ0v) is 76.3. The molecule has 35 heteroatoms. The highest BCUT2D eigenvalue weighted by molar-refractivity contribution is 7.92. The average Bonchev–Trinajstić information content (AvgIpc) is 1.63. The number of alkyl halides is 8. The molecule has 12 heterocycles. The lowest BCUT2D eigenvalue weighted by atomic mass is 9.81. The van der Waals surface area contributed by atoms with E-state index in [0.717, 1.165) is 62.7 Å². The van der Waals surface area contributed by atoms with Gasteiger partial charge >= 0.3 is 19.3 Å². The molecule has 25 nitrogen and oxygen atoms in total. The summed E-state index contributed by atoms with van der Waals surface area (Å²) in [6.45, 7) is 11.1. The van der Waals surface area contributed by atoms with Gasteiger partial charge in [0.1, 0.15) is 57.2 Å². The van der Waals surface area contributed by atoms with Crippen molar-refractivity contribution in [2.45, 2.75) is 151 Å². The lowest BCUT2D eigenvalue weighted by Crippen LogP contribution is -2.50. The molecule has 702 valence electrons. The highest BCUT2D eigenvalue weighted by Gasteiger charge is 2.52. The van der Waals surface area contributed by atoms with Gasteiger partial charge in [0.25, 0.3) is 23.6 Å². The molecule has 4 amide bonds. The van der Waals surface area contributed by atoms with Crippen LogP contribution in [0.5, 0.6) is 46.0 Å². The second-order valence-electron chi connectivity index (χ2n) is 34.8. The molecule has 0 bridgehead atoms. The van der Waals surface area contributed by atoms with Crippen molar-refractivity contribution in [2.24, 2.45) is 7.05 Å². The van der Waals surface area contributed by atoms with Crippen LogP contribution in [0.25, 0.3) is 33.9 Å². The first-order valence-electron chi connectivity index (χ1n) is 44.0. The number of aryl methyl sites for hydroxylation is 3. The molecule has 135 heavy (non-hydrogen) atoms. The number of nitrogens with zero attached hydrogens (tertiary/aromatic N) is 11. The molecule has 8 aliphatic heterocycles. The number of carbonyl (C=O) groups excluding carboxylic acids is 4. The van der Waals surface area contributed by atoms with Crippen LogP contribution in [0.3, 0.4) is 0 Å². The molecule has 4 aromatic heterocycles. The monoisotopic (exact) mass is 1890 g/mol. The number of likely N-dealkylation sites (tertiary alicyclic amines) is 4. The minimum absolute atomic E-state index is 0.0146. The van der Waals surface area contributed by atoms with E-state index < -0.39 is 62.7 Å². The van der Waals surface area contributed by atoms with Crippen LogP contribution in [-0.2, 0) is 45.6 Å². The summed E-state index contributed by atoms with van der Waals surface area (Å²) in [6.07, 6.45) is 1.80. The Morgan fingerprint density at radius 3 is 1.51 bits per heavy atom. The molecule has 12 aromatic rings. The number of carbonyl (C=O) groups is 4. The van der Waals surface area contributed by atoms with Gasteiger partial charge in [-0.15, -0.1) is 26.3 Å². The van der Waals surface area contributed by atoms with Gasteiger partial charge in [-0.3, -0.25) is 23.9 Å². The third kappa shape index (κ3) is 18.0. The van der Waals surface area contributed by atoms with Gasteiger partial charge in [0.05, 0.1) is 92.7 Å². The van der Waals surface area contributed by atoms with E-state index in [4.69, 9.17) is 40.0 Å². The largest absolute Gasteiger partial charge is 0.573 e. The van der Waals surface area contributed by atoms with Crippen LogP contribution >= 0.6 is 11.6 Å². The number of halogens is 9. The molecule has 20 rings (SSSR count). The van der Waals surface area contributed by atoms with E-state index in [1.54, 1.807) is 73.0 Å². The minimum atomic E-state index is -4.78. The Morgan fingerprint density at radius 2 is 0.985 bits per heavy atom. The Labute approximate surface area is 777 Å². The van der Waals surface area contributed by atoms with Gasteiger partial charge in [-0.05, 0) is 192 Å². The van der Waals surface area contributed by atoms with Crippen LogP contribution in [0.1, 0.15) is 160 Å². The van der Waals surface area contributed by atoms with E-state index >= 15 is 0 Å². The molecular weight excluding hydrogens is 1800 g/mol. The number of fused-ring (bicyclic) bond motifs is 16. The number of aromatic nitrogens is 6. The fourth-order valence-corrected chi connectivity index (χ4v) is 20.4.